The van der Waals surface area contributed by atoms with Crippen LogP contribution in [0.4, 0.5) is 22.0 Å². The molecule has 2 aromatic carbocycles. The minimum Gasteiger partial charge on any atom is -0.406 e. The van der Waals surface area contributed by atoms with Crippen molar-refractivity contribution in [1.82, 2.24) is 0 Å². The normalized spacial score (nSPS) is 21.4. The van der Waals surface area contributed by atoms with Crippen molar-refractivity contribution < 1.29 is 26.7 Å². The van der Waals surface area contributed by atoms with Crippen molar-refractivity contribution in [2.24, 2.45) is 11.8 Å². The average molecular weight is 436 g/mol. The summed E-state index contributed by atoms with van der Waals surface area (Å²) >= 11 is 0. The van der Waals surface area contributed by atoms with Gasteiger partial charge in [-0.15, -0.1) is 13.2 Å². The largest absolute Gasteiger partial charge is 0.573 e. The summed E-state index contributed by atoms with van der Waals surface area (Å²) in [6.07, 6.45) is 4.29. The lowest BCUT2D eigenvalue weighted by Crippen LogP contribution is -2.18. The van der Waals surface area contributed by atoms with E-state index in [1.807, 2.05) is 6.08 Å². The highest BCUT2D eigenvalue weighted by molar-refractivity contribution is 5.71. The molecule has 0 N–H and O–H groups in total. The monoisotopic (exact) mass is 436 g/mol. The first-order valence-electron chi connectivity index (χ1n) is 10.8. The third-order valence-corrected chi connectivity index (χ3v) is 6.68. The summed E-state index contributed by atoms with van der Waals surface area (Å²) in [4.78, 5) is 0. The van der Waals surface area contributed by atoms with Crippen LogP contribution in [0.5, 0.6) is 5.75 Å². The van der Waals surface area contributed by atoms with Crippen LogP contribution in [0.25, 0.3) is 17.2 Å². The van der Waals surface area contributed by atoms with Crippen LogP contribution in [-0.4, -0.2) is 6.36 Å². The van der Waals surface area contributed by atoms with Crippen molar-refractivity contribution in [3.05, 3.63) is 58.7 Å². The molecule has 0 radical (unpaired) electrons. The molecular weight excluding hydrogens is 411 g/mol. The molecule has 1 fully saturated rings. The van der Waals surface area contributed by atoms with Gasteiger partial charge in [0.2, 0.25) is 0 Å². The van der Waals surface area contributed by atoms with Crippen LogP contribution in [0.3, 0.4) is 0 Å². The number of hydrogen-bond donors (Lipinski definition) is 0. The second kappa shape index (κ2) is 8.64. The summed E-state index contributed by atoms with van der Waals surface area (Å²) in [5.74, 6) is -0.501. The Kier molecular flexibility index (Phi) is 6.09. The molecule has 2 aliphatic carbocycles. The molecule has 31 heavy (non-hydrogen) atoms. The van der Waals surface area contributed by atoms with Crippen LogP contribution in [0.1, 0.15) is 56.6 Å². The molecule has 0 heterocycles. The van der Waals surface area contributed by atoms with Crippen LogP contribution < -0.4 is 4.74 Å². The van der Waals surface area contributed by atoms with Gasteiger partial charge in [-0.2, -0.15) is 0 Å². The Bertz CT molecular complexity index is 967. The molecule has 0 bridgehead atoms. The van der Waals surface area contributed by atoms with Crippen LogP contribution in [0.2, 0.25) is 0 Å². The third kappa shape index (κ3) is 4.78. The lowest BCUT2D eigenvalue weighted by molar-refractivity contribution is -0.274. The highest BCUT2D eigenvalue weighted by Crippen LogP contribution is 2.41. The number of benzene rings is 2. The van der Waals surface area contributed by atoms with Crippen molar-refractivity contribution in [2.75, 3.05) is 0 Å². The van der Waals surface area contributed by atoms with Crippen molar-refractivity contribution in [3.8, 4) is 16.9 Å². The Morgan fingerprint density at radius 3 is 2.26 bits per heavy atom. The van der Waals surface area contributed by atoms with E-state index < -0.39 is 23.7 Å². The van der Waals surface area contributed by atoms with Gasteiger partial charge in [-0.1, -0.05) is 37.1 Å². The predicted octanol–water partition coefficient (Wildman–Crippen LogP) is 8.08. The molecule has 0 unspecified atom stereocenters. The second-order valence-electron chi connectivity index (χ2n) is 8.53. The molecule has 0 saturated heterocycles. The predicted molar refractivity (Wildman–Crippen MR) is 111 cm³/mol. The quantitative estimate of drug-likeness (QED) is 0.440. The van der Waals surface area contributed by atoms with Gasteiger partial charge in [-0.25, -0.2) is 8.78 Å². The molecule has 1 nitrogen and oxygen atoms in total. The number of hydrogen-bond acceptors (Lipinski definition) is 1. The van der Waals surface area contributed by atoms with E-state index in [1.165, 1.54) is 43.0 Å². The zero-order chi connectivity index (χ0) is 22.2. The van der Waals surface area contributed by atoms with Gasteiger partial charge < -0.3 is 4.74 Å². The van der Waals surface area contributed by atoms with Crippen LogP contribution in [0, 0.1) is 23.5 Å². The van der Waals surface area contributed by atoms with E-state index in [0.717, 1.165) is 37.3 Å². The molecule has 2 aromatic rings. The summed E-state index contributed by atoms with van der Waals surface area (Å²) in [5.41, 5.74) is 2.30. The van der Waals surface area contributed by atoms with Gasteiger partial charge >= 0.3 is 6.36 Å². The molecule has 0 aromatic heterocycles. The Hall–Kier alpha value is -2.37. The Morgan fingerprint density at radius 1 is 0.968 bits per heavy atom. The van der Waals surface area contributed by atoms with Crippen molar-refractivity contribution in [3.63, 3.8) is 0 Å². The highest BCUT2D eigenvalue weighted by Gasteiger charge is 2.31. The highest BCUT2D eigenvalue weighted by atomic mass is 19.4. The average Bonchev–Trinajstić information content (AvgIpc) is 2.73. The molecule has 0 atom stereocenters. The number of allylic oxidation sites excluding steroid dienone is 1. The van der Waals surface area contributed by atoms with Gasteiger partial charge in [-0.05, 0) is 85.3 Å². The molecule has 166 valence electrons. The van der Waals surface area contributed by atoms with Gasteiger partial charge in [0.1, 0.15) is 17.4 Å². The number of alkyl halides is 3. The van der Waals surface area contributed by atoms with E-state index in [4.69, 9.17) is 0 Å². The molecule has 2 aliphatic rings. The first-order chi connectivity index (χ1) is 14.7. The molecular formula is C25H25F5O. The SMILES string of the molecule is CCC1CCC(C2=Cc3cc(F)c(-c4ccc(OC(F)(F)F)cc4)c(F)c3CC2)CC1. The van der Waals surface area contributed by atoms with Gasteiger partial charge in [0.25, 0.3) is 0 Å². The topological polar surface area (TPSA) is 9.23 Å². The van der Waals surface area contributed by atoms with Crippen LogP contribution >= 0.6 is 0 Å². The first kappa shape index (κ1) is 21.8. The van der Waals surface area contributed by atoms with E-state index in [2.05, 4.69) is 11.7 Å². The zero-order valence-corrected chi connectivity index (χ0v) is 17.4. The summed E-state index contributed by atoms with van der Waals surface area (Å²) in [6, 6.07) is 5.96. The molecule has 0 amide bonds. The van der Waals surface area contributed by atoms with Crippen LogP contribution in [-0.2, 0) is 6.42 Å². The fourth-order valence-electron chi connectivity index (χ4n) is 4.95. The minimum absolute atomic E-state index is 0.181. The van der Waals surface area contributed by atoms with Gasteiger partial charge in [0.15, 0.2) is 0 Å². The maximum absolute atomic E-state index is 15.3. The third-order valence-electron chi connectivity index (χ3n) is 6.68. The maximum atomic E-state index is 15.3. The summed E-state index contributed by atoms with van der Waals surface area (Å²) in [7, 11) is 0. The van der Waals surface area contributed by atoms with Crippen molar-refractivity contribution in [1.29, 1.82) is 0 Å². The fraction of sp³-hybridized carbons (Fsp3) is 0.440. The number of rotatable bonds is 4. The van der Waals surface area contributed by atoms with E-state index in [-0.39, 0.29) is 11.1 Å². The summed E-state index contributed by atoms with van der Waals surface area (Å²) in [5, 5.41) is 0. The Morgan fingerprint density at radius 2 is 1.65 bits per heavy atom. The molecule has 4 rings (SSSR count). The maximum Gasteiger partial charge on any atom is 0.573 e. The molecule has 1 saturated carbocycles. The molecule has 0 spiro atoms. The Balaban J connectivity index is 1.60. The van der Waals surface area contributed by atoms with Gasteiger partial charge in [0, 0.05) is 0 Å². The van der Waals surface area contributed by atoms with Gasteiger partial charge in [-0.3, -0.25) is 0 Å². The second-order valence-corrected chi connectivity index (χ2v) is 8.53. The summed E-state index contributed by atoms with van der Waals surface area (Å²) in [6.45, 7) is 2.22. The van der Waals surface area contributed by atoms with E-state index >= 15 is 4.39 Å². The molecule has 6 heteroatoms. The van der Waals surface area contributed by atoms with Crippen molar-refractivity contribution in [2.45, 2.75) is 58.2 Å². The van der Waals surface area contributed by atoms with E-state index in [0.29, 0.717) is 23.5 Å². The zero-order valence-electron chi connectivity index (χ0n) is 17.4. The van der Waals surface area contributed by atoms with E-state index in [1.54, 1.807) is 0 Å². The lowest BCUT2D eigenvalue weighted by atomic mass is 9.74. The number of halogens is 5. The number of ether oxygens (including phenoxy) is 1. The smallest absolute Gasteiger partial charge is 0.406 e. The number of fused-ring (bicyclic) bond motifs is 1. The van der Waals surface area contributed by atoms with Crippen LogP contribution in [0.15, 0.2) is 35.9 Å². The van der Waals surface area contributed by atoms with Gasteiger partial charge in [0.05, 0.1) is 5.56 Å². The first-order valence-corrected chi connectivity index (χ1v) is 10.8. The van der Waals surface area contributed by atoms with Crippen molar-refractivity contribution >= 4 is 6.08 Å². The fourth-order valence-corrected chi connectivity index (χ4v) is 4.95. The molecule has 0 aliphatic heterocycles. The summed E-state index contributed by atoms with van der Waals surface area (Å²) < 4.78 is 71.0. The minimum atomic E-state index is -4.82. The standard InChI is InChI=1S/C25H25F5O/c1-2-15-3-5-16(6-4-15)18-9-12-21-19(13-18)14-22(26)23(24(21)27)17-7-10-20(11-8-17)31-25(28,29)30/h7-8,10-11,13-16H,2-6,9,12H2,1H3. The Labute approximate surface area is 178 Å². The van der Waals surface area contributed by atoms with E-state index in [9.17, 15) is 17.6 Å². The lowest BCUT2D eigenvalue weighted by Gasteiger charge is -2.31.